The van der Waals surface area contributed by atoms with Gasteiger partial charge in [0.15, 0.2) is 0 Å². The molecule has 3 amide bonds. The fraction of sp³-hybridized carbons (Fsp3) is 0.486. The van der Waals surface area contributed by atoms with E-state index in [-0.39, 0.29) is 31.9 Å². The lowest BCUT2D eigenvalue weighted by molar-refractivity contribution is -0.150. The monoisotopic (exact) mass is 656 g/mol. The minimum atomic E-state index is -1.17. The number of oxime groups is 1. The van der Waals surface area contributed by atoms with Crippen molar-refractivity contribution in [3.63, 3.8) is 0 Å². The second kappa shape index (κ2) is 13.4. The molecule has 254 valence electrons. The number of carbonyl (C=O) groups is 4. The number of nitrogens with zero attached hydrogens (tertiary/aromatic N) is 2. The Morgan fingerprint density at radius 1 is 0.979 bits per heavy atom. The Kier molecular flexibility index (Phi) is 9.31. The Hall–Kier alpha value is -4.67. The number of ether oxygens (including phenoxy) is 2. The molecule has 0 bridgehead atoms. The van der Waals surface area contributed by atoms with E-state index in [9.17, 15) is 19.2 Å². The first-order chi connectivity index (χ1) is 23.0. The fourth-order valence-corrected chi connectivity index (χ4v) is 7.01. The third-order valence-corrected chi connectivity index (χ3v) is 9.38. The van der Waals surface area contributed by atoms with Gasteiger partial charge in [-0.2, -0.15) is 0 Å². The van der Waals surface area contributed by atoms with Crippen LogP contribution in [0.4, 0.5) is 4.79 Å². The molecule has 0 unspecified atom stereocenters. The van der Waals surface area contributed by atoms with E-state index in [2.05, 4.69) is 15.9 Å². The molecule has 2 fully saturated rings. The van der Waals surface area contributed by atoms with Crippen molar-refractivity contribution in [1.29, 1.82) is 0 Å². The molecule has 0 aromatic heterocycles. The Balaban J connectivity index is 1.29. The molecule has 6 rings (SSSR count). The van der Waals surface area contributed by atoms with Crippen LogP contribution in [0.3, 0.4) is 0 Å². The molecule has 4 aliphatic rings. The lowest BCUT2D eigenvalue weighted by Crippen LogP contribution is -2.53. The van der Waals surface area contributed by atoms with Gasteiger partial charge in [-0.25, -0.2) is 15.0 Å². The molecular formula is C37H44N4O7. The molecule has 48 heavy (non-hydrogen) atoms. The van der Waals surface area contributed by atoms with E-state index in [1.54, 1.807) is 27.7 Å². The van der Waals surface area contributed by atoms with E-state index in [4.69, 9.17) is 14.3 Å². The van der Waals surface area contributed by atoms with Crippen molar-refractivity contribution < 1.29 is 33.5 Å². The van der Waals surface area contributed by atoms with Crippen LogP contribution in [-0.2, 0) is 28.7 Å². The molecule has 5 atom stereocenters. The third kappa shape index (κ3) is 6.81. The van der Waals surface area contributed by atoms with Crippen molar-refractivity contribution in [2.45, 2.75) is 83.5 Å². The zero-order valence-electron chi connectivity index (χ0n) is 28.0. The summed E-state index contributed by atoms with van der Waals surface area (Å²) in [5.74, 6) is -3.20. The van der Waals surface area contributed by atoms with Crippen LogP contribution in [0.2, 0.25) is 0 Å². The molecular weight excluding hydrogens is 612 g/mol. The van der Waals surface area contributed by atoms with E-state index >= 15 is 0 Å². The van der Waals surface area contributed by atoms with Crippen molar-refractivity contribution in [1.82, 2.24) is 15.8 Å². The van der Waals surface area contributed by atoms with Crippen LogP contribution in [-0.4, -0.2) is 65.0 Å². The Labute approximate surface area is 281 Å². The highest BCUT2D eigenvalue weighted by Crippen LogP contribution is 2.47. The van der Waals surface area contributed by atoms with Gasteiger partial charge in [0, 0.05) is 23.6 Å². The maximum Gasteiger partial charge on any atom is 0.426 e. The predicted molar refractivity (Wildman–Crippen MR) is 178 cm³/mol. The highest BCUT2D eigenvalue weighted by atomic mass is 16.6. The lowest BCUT2D eigenvalue weighted by atomic mass is 9.93. The summed E-state index contributed by atoms with van der Waals surface area (Å²) in [5.41, 5.74) is 5.40. The molecule has 0 radical (unpaired) electrons. The van der Waals surface area contributed by atoms with Gasteiger partial charge < -0.3 is 19.6 Å². The van der Waals surface area contributed by atoms with Crippen molar-refractivity contribution >= 4 is 29.6 Å². The molecule has 2 aromatic rings. The largest absolute Gasteiger partial charge is 0.464 e. The van der Waals surface area contributed by atoms with Crippen molar-refractivity contribution in [2.75, 3.05) is 13.2 Å². The summed E-state index contributed by atoms with van der Waals surface area (Å²) in [7, 11) is 0. The molecule has 1 heterocycles. The molecule has 11 heteroatoms. The minimum Gasteiger partial charge on any atom is -0.464 e. The number of allylic oxidation sites excluding steroid dienone is 1. The quantitative estimate of drug-likeness (QED) is 0.217. The van der Waals surface area contributed by atoms with E-state index < -0.39 is 53.0 Å². The van der Waals surface area contributed by atoms with Crippen LogP contribution in [0.25, 0.3) is 11.1 Å². The summed E-state index contributed by atoms with van der Waals surface area (Å²) >= 11 is 0. The van der Waals surface area contributed by atoms with Gasteiger partial charge in [-0.3, -0.25) is 14.6 Å². The second-order valence-electron chi connectivity index (χ2n) is 14.0. The number of hydrazine groups is 1. The van der Waals surface area contributed by atoms with Crippen molar-refractivity contribution in [3.8, 4) is 11.1 Å². The number of esters is 1. The van der Waals surface area contributed by atoms with Crippen LogP contribution in [0.1, 0.15) is 77.3 Å². The number of carbonyl (C=O) groups excluding carboxylic acids is 4. The standard InChI is InChI=1S/C37H44N4O7/c1-5-46-34(44)37-22-23(37)14-8-6-7-13-19-41(39-35(45)47-36(2,3)4)33(43)30-21-24(20-29(30)32(42)38-37)48-40-31-27-17-11-9-15-25(27)26-16-10-12-18-28(26)31/h8-12,14-18,23-24,29-30H,5-7,13,19-22H2,1-4H3,(H,38,42)(H,39,45)/b14-8-/t23-,24-,29-,30-,37-/m1/s1. The van der Waals surface area contributed by atoms with Crippen LogP contribution in [0, 0.1) is 17.8 Å². The molecule has 11 nitrogen and oxygen atoms in total. The molecule has 2 saturated carbocycles. The molecule has 2 aromatic carbocycles. The first-order valence-electron chi connectivity index (χ1n) is 16.9. The van der Waals surface area contributed by atoms with Gasteiger partial charge in [0.2, 0.25) is 11.8 Å². The van der Waals surface area contributed by atoms with Gasteiger partial charge in [-0.1, -0.05) is 65.8 Å². The summed E-state index contributed by atoms with van der Waals surface area (Å²) < 4.78 is 10.8. The zero-order chi connectivity index (χ0) is 34.1. The van der Waals surface area contributed by atoms with E-state index in [1.165, 1.54) is 5.01 Å². The normalized spacial score (nSPS) is 27.2. The Morgan fingerprint density at radius 3 is 2.27 bits per heavy atom. The fourth-order valence-electron chi connectivity index (χ4n) is 7.01. The number of amides is 3. The summed E-state index contributed by atoms with van der Waals surface area (Å²) in [6.07, 6.45) is 5.53. The summed E-state index contributed by atoms with van der Waals surface area (Å²) in [6, 6.07) is 16.0. The number of nitrogens with one attached hydrogen (secondary N) is 2. The van der Waals surface area contributed by atoms with E-state index in [0.29, 0.717) is 25.0 Å². The van der Waals surface area contributed by atoms with Gasteiger partial charge in [0.05, 0.1) is 18.4 Å². The third-order valence-electron chi connectivity index (χ3n) is 9.38. The highest BCUT2D eigenvalue weighted by molar-refractivity contribution is 6.24. The predicted octanol–water partition coefficient (Wildman–Crippen LogP) is 5.28. The van der Waals surface area contributed by atoms with Gasteiger partial charge in [0.25, 0.3) is 0 Å². The molecule has 2 N–H and O–H groups in total. The number of hydrogen-bond acceptors (Lipinski definition) is 8. The summed E-state index contributed by atoms with van der Waals surface area (Å²) in [5, 5.41) is 8.88. The van der Waals surface area contributed by atoms with Crippen molar-refractivity contribution in [3.05, 3.63) is 71.8 Å². The molecule has 0 spiro atoms. The van der Waals surface area contributed by atoms with Gasteiger partial charge in [0.1, 0.15) is 23.0 Å². The highest BCUT2D eigenvalue weighted by Gasteiger charge is 2.62. The van der Waals surface area contributed by atoms with E-state index in [0.717, 1.165) is 28.7 Å². The minimum absolute atomic E-state index is 0.186. The lowest BCUT2D eigenvalue weighted by Gasteiger charge is -2.30. The molecule has 0 saturated heterocycles. The number of fused-ring (bicyclic) bond motifs is 5. The first-order valence-corrected chi connectivity index (χ1v) is 16.9. The van der Waals surface area contributed by atoms with Crippen LogP contribution in [0.5, 0.6) is 0 Å². The maximum absolute atomic E-state index is 14.3. The Bertz CT molecular complexity index is 1600. The van der Waals surface area contributed by atoms with Crippen LogP contribution in [0.15, 0.2) is 65.8 Å². The summed E-state index contributed by atoms with van der Waals surface area (Å²) in [6.45, 7) is 7.40. The van der Waals surface area contributed by atoms with Gasteiger partial charge in [-0.05, 0) is 77.3 Å². The van der Waals surface area contributed by atoms with Crippen molar-refractivity contribution in [2.24, 2.45) is 22.9 Å². The van der Waals surface area contributed by atoms with Crippen LogP contribution < -0.4 is 10.7 Å². The van der Waals surface area contributed by atoms with Crippen LogP contribution >= 0.6 is 0 Å². The van der Waals surface area contributed by atoms with Gasteiger partial charge in [-0.15, -0.1) is 0 Å². The maximum atomic E-state index is 14.3. The Morgan fingerprint density at radius 2 is 1.62 bits per heavy atom. The zero-order valence-corrected chi connectivity index (χ0v) is 28.0. The van der Waals surface area contributed by atoms with E-state index in [1.807, 2.05) is 60.7 Å². The number of rotatable bonds is 5. The molecule has 1 aliphatic heterocycles. The average molecular weight is 657 g/mol. The second-order valence-corrected chi connectivity index (χ2v) is 14.0. The topological polar surface area (TPSA) is 136 Å². The first kappa shape index (κ1) is 33.2. The molecule has 3 aliphatic carbocycles. The number of hydrogen-bond donors (Lipinski definition) is 2. The SMILES string of the molecule is CCOC(=O)[C@@]12C[C@H]1/C=C\CCCCN(NC(=O)OC(C)(C)C)C(=O)[C@@H]1C[C@H](ON=C3c4ccccc4-c4ccccc43)C[C@H]1C(=O)N2. The smallest absolute Gasteiger partial charge is 0.426 e. The van der Waals surface area contributed by atoms with Gasteiger partial charge >= 0.3 is 12.1 Å². The summed E-state index contributed by atoms with van der Waals surface area (Å²) in [4.78, 5) is 60.5. The average Bonchev–Trinajstić information content (AvgIpc) is 3.41. The number of benzene rings is 2.